The van der Waals surface area contributed by atoms with Crippen molar-refractivity contribution >= 4 is 17.5 Å². The summed E-state index contributed by atoms with van der Waals surface area (Å²) in [5.74, 6) is -3.55. The summed E-state index contributed by atoms with van der Waals surface area (Å²) < 4.78 is 44.3. The molecule has 0 fully saturated rings. The van der Waals surface area contributed by atoms with Crippen LogP contribution in [-0.4, -0.2) is 29.8 Å². The number of alkyl halides is 3. The minimum absolute atomic E-state index is 0. The summed E-state index contributed by atoms with van der Waals surface area (Å²) in [7, 11) is 0. The number of hydrogen-bond donors (Lipinski definition) is 1. The quantitative estimate of drug-likeness (QED) is 0.268. The van der Waals surface area contributed by atoms with Crippen molar-refractivity contribution in [1.29, 1.82) is 0 Å². The normalized spacial score (nSPS) is 11.4. The molecule has 22 heavy (non-hydrogen) atoms. The summed E-state index contributed by atoms with van der Waals surface area (Å²) in [6, 6.07) is 4.33. The second-order valence-corrected chi connectivity index (χ2v) is 3.69. The van der Waals surface area contributed by atoms with Crippen LogP contribution in [0.15, 0.2) is 30.3 Å². The van der Waals surface area contributed by atoms with Gasteiger partial charge in [0, 0.05) is 42.8 Å². The number of esters is 1. The van der Waals surface area contributed by atoms with Gasteiger partial charge in [0.2, 0.25) is 0 Å². The van der Waals surface area contributed by atoms with E-state index in [2.05, 4.69) is 9.47 Å². The molecule has 0 bridgehead atoms. The molecular weight excluding hydrogens is 531 g/mol. The molecule has 0 unspecified atom stereocenters. The van der Waals surface area contributed by atoms with Crippen molar-refractivity contribution in [3.05, 3.63) is 35.9 Å². The fourth-order valence-corrected chi connectivity index (χ4v) is 1.32. The van der Waals surface area contributed by atoms with Crippen molar-refractivity contribution < 1.29 is 68.5 Å². The zero-order chi connectivity index (χ0) is 16.0. The van der Waals surface area contributed by atoms with Crippen molar-refractivity contribution in [2.24, 2.45) is 0 Å². The number of halogens is 3. The van der Waals surface area contributed by atoms with E-state index in [1.165, 1.54) is 19.1 Å². The third kappa shape index (κ3) is 7.00. The van der Waals surface area contributed by atoms with Gasteiger partial charge in [-0.15, -0.1) is 13.2 Å². The molecule has 5 nitrogen and oxygen atoms in total. The monoisotopic (exact) mass is 542 g/mol. The molecule has 0 aliphatic rings. The maximum atomic E-state index is 12.1. The van der Waals surface area contributed by atoms with Crippen LogP contribution in [0.1, 0.15) is 12.5 Å². The van der Waals surface area contributed by atoms with E-state index in [9.17, 15) is 27.9 Å². The third-order valence-corrected chi connectivity index (χ3v) is 2.11. The van der Waals surface area contributed by atoms with Crippen molar-refractivity contribution in [3.8, 4) is 5.75 Å². The molecule has 118 valence electrons. The molecular formula is C13H11F3O5U. The number of ketones is 1. The molecule has 1 aromatic carbocycles. The SMILES string of the molecule is CCOC(=O)C(=O)/C=C(\O)c1cccc(OC(F)(F)F)c1.[U]. The zero-order valence-electron chi connectivity index (χ0n) is 11.3. The zero-order valence-corrected chi connectivity index (χ0v) is 15.5. The van der Waals surface area contributed by atoms with E-state index in [1.807, 2.05) is 0 Å². The number of ether oxygens (including phenoxy) is 2. The van der Waals surface area contributed by atoms with Crippen LogP contribution in [0.4, 0.5) is 13.2 Å². The molecule has 0 spiro atoms. The van der Waals surface area contributed by atoms with Crippen LogP contribution in [-0.2, 0) is 14.3 Å². The van der Waals surface area contributed by atoms with E-state index in [0.717, 1.165) is 12.1 Å². The molecule has 0 amide bonds. The van der Waals surface area contributed by atoms with Crippen LogP contribution in [0.5, 0.6) is 5.75 Å². The minimum atomic E-state index is -4.88. The first kappa shape index (κ1) is 20.5. The molecule has 1 aromatic rings. The molecule has 1 rings (SSSR count). The molecule has 0 heterocycles. The predicted octanol–water partition coefficient (Wildman–Crippen LogP) is 2.62. The Hall–Kier alpha value is -1.46. The molecule has 0 aromatic heterocycles. The predicted molar refractivity (Wildman–Crippen MR) is 65.4 cm³/mol. The second kappa shape index (κ2) is 8.86. The number of benzene rings is 1. The van der Waals surface area contributed by atoms with Gasteiger partial charge in [-0.2, -0.15) is 0 Å². The van der Waals surface area contributed by atoms with Gasteiger partial charge < -0.3 is 14.6 Å². The Balaban J connectivity index is 0.00000441. The van der Waals surface area contributed by atoms with Crippen LogP contribution in [0.25, 0.3) is 5.76 Å². The first-order valence-corrected chi connectivity index (χ1v) is 5.71. The number of carbonyl (C=O) groups excluding carboxylic acids is 2. The van der Waals surface area contributed by atoms with Gasteiger partial charge in [0.15, 0.2) is 0 Å². The summed E-state index contributed by atoms with van der Waals surface area (Å²) in [4.78, 5) is 22.4. The van der Waals surface area contributed by atoms with Gasteiger partial charge in [0.25, 0.3) is 5.78 Å². The van der Waals surface area contributed by atoms with Crippen LogP contribution < -0.4 is 4.74 Å². The third-order valence-electron chi connectivity index (χ3n) is 2.11. The Morgan fingerprint density at radius 2 is 1.95 bits per heavy atom. The first-order chi connectivity index (χ1) is 9.73. The minimum Gasteiger partial charge on any atom is -0.507 e. The number of aliphatic hydroxyl groups is 1. The Labute approximate surface area is 147 Å². The molecule has 0 atom stereocenters. The van der Waals surface area contributed by atoms with Gasteiger partial charge in [-0.1, -0.05) is 12.1 Å². The molecule has 0 aliphatic heterocycles. The summed E-state index contributed by atoms with van der Waals surface area (Å²) in [5.41, 5.74) is -0.116. The number of aliphatic hydroxyl groups excluding tert-OH is 1. The van der Waals surface area contributed by atoms with Crippen molar-refractivity contribution in [1.82, 2.24) is 0 Å². The van der Waals surface area contributed by atoms with Gasteiger partial charge in [0.05, 0.1) is 6.61 Å². The Bertz CT molecular complexity index is 569. The fraction of sp³-hybridized carbons (Fsp3) is 0.231. The molecule has 1 N–H and O–H groups in total. The maximum Gasteiger partial charge on any atom is 0.573 e. The van der Waals surface area contributed by atoms with Crippen molar-refractivity contribution in [2.75, 3.05) is 6.61 Å². The Morgan fingerprint density at radius 1 is 1.32 bits per heavy atom. The topological polar surface area (TPSA) is 72.8 Å². The number of rotatable bonds is 5. The van der Waals surface area contributed by atoms with Crippen molar-refractivity contribution in [2.45, 2.75) is 13.3 Å². The number of hydrogen-bond acceptors (Lipinski definition) is 5. The van der Waals surface area contributed by atoms with E-state index >= 15 is 0 Å². The van der Waals surface area contributed by atoms with Crippen LogP contribution >= 0.6 is 0 Å². The Kier molecular flexibility index (Phi) is 8.27. The second-order valence-electron chi connectivity index (χ2n) is 3.69. The van der Waals surface area contributed by atoms with Crippen LogP contribution in [0.3, 0.4) is 0 Å². The largest absolute Gasteiger partial charge is 0.573 e. The average Bonchev–Trinajstić information content (AvgIpc) is 2.37. The van der Waals surface area contributed by atoms with Gasteiger partial charge >= 0.3 is 12.3 Å². The van der Waals surface area contributed by atoms with E-state index in [4.69, 9.17) is 0 Å². The number of carbonyl (C=O) groups is 2. The van der Waals surface area contributed by atoms with Gasteiger partial charge in [-0.25, -0.2) is 4.79 Å². The molecule has 0 aliphatic carbocycles. The summed E-state index contributed by atoms with van der Waals surface area (Å²) in [6.07, 6.45) is -4.32. The average molecular weight is 542 g/mol. The van der Waals surface area contributed by atoms with E-state index in [1.54, 1.807) is 0 Å². The standard InChI is InChI=1S/C13H11F3O5.U/c1-2-20-12(19)11(18)7-10(17)8-4-3-5-9(6-8)21-13(14,15)16;/h3-7,17H,2H2,1H3;/b10-7-;. The summed E-state index contributed by atoms with van der Waals surface area (Å²) >= 11 is 0. The van der Waals surface area contributed by atoms with Crippen molar-refractivity contribution in [3.63, 3.8) is 0 Å². The smallest absolute Gasteiger partial charge is 0.507 e. The van der Waals surface area contributed by atoms with E-state index in [-0.39, 0.29) is 43.3 Å². The van der Waals surface area contributed by atoms with E-state index < -0.39 is 29.6 Å². The summed E-state index contributed by atoms with van der Waals surface area (Å²) in [6.45, 7) is 1.47. The molecule has 0 saturated carbocycles. The van der Waals surface area contributed by atoms with E-state index in [0.29, 0.717) is 6.08 Å². The molecule has 0 radical (unpaired) electrons. The fourth-order valence-electron chi connectivity index (χ4n) is 1.32. The van der Waals surface area contributed by atoms with Crippen LogP contribution in [0.2, 0.25) is 0 Å². The van der Waals surface area contributed by atoms with Gasteiger partial charge in [0.1, 0.15) is 11.5 Å². The van der Waals surface area contributed by atoms with Gasteiger partial charge in [-0.3, -0.25) is 4.79 Å². The molecule has 9 heteroatoms. The first-order valence-electron chi connectivity index (χ1n) is 5.71. The Morgan fingerprint density at radius 3 is 2.50 bits per heavy atom. The summed E-state index contributed by atoms with van der Waals surface area (Å²) in [5, 5.41) is 9.63. The molecule has 0 saturated heterocycles. The van der Waals surface area contributed by atoms with Gasteiger partial charge in [-0.05, 0) is 19.1 Å². The maximum absolute atomic E-state index is 12.1. The van der Waals surface area contributed by atoms with Crippen LogP contribution in [0, 0.1) is 31.1 Å².